The van der Waals surface area contributed by atoms with Crippen molar-refractivity contribution in [3.05, 3.63) is 65.1 Å². The molecule has 3 aromatic rings. The molecule has 0 unspecified atom stereocenters. The van der Waals surface area contributed by atoms with E-state index in [0.29, 0.717) is 28.5 Å². The third-order valence-corrected chi connectivity index (χ3v) is 4.27. The third-order valence-electron chi connectivity index (χ3n) is 4.27. The monoisotopic (exact) mass is 434 g/mol. The molecule has 2 aromatic heterocycles. The molecule has 0 amide bonds. The van der Waals surface area contributed by atoms with Gasteiger partial charge in [0.15, 0.2) is 12.4 Å². The molecule has 0 aliphatic heterocycles. The van der Waals surface area contributed by atoms with Gasteiger partial charge in [-0.1, -0.05) is 17.3 Å². The number of oxime groups is 1. The third kappa shape index (κ3) is 6.00. The highest BCUT2D eigenvalue weighted by Crippen LogP contribution is 2.29. The molecule has 0 aliphatic rings. The Morgan fingerprint density at radius 1 is 1.10 bits per heavy atom. The van der Waals surface area contributed by atoms with Crippen molar-refractivity contribution in [3.8, 4) is 5.88 Å². The molecule has 0 fully saturated rings. The zero-order valence-corrected chi connectivity index (χ0v) is 17.2. The Morgan fingerprint density at radius 3 is 2.45 bits per heavy atom. The molecule has 0 saturated carbocycles. The van der Waals surface area contributed by atoms with Crippen LogP contribution in [0.15, 0.2) is 47.8 Å². The van der Waals surface area contributed by atoms with Gasteiger partial charge in [-0.25, -0.2) is 9.67 Å². The first kappa shape index (κ1) is 22.2. The fourth-order valence-corrected chi connectivity index (χ4v) is 2.57. The summed E-state index contributed by atoms with van der Waals surface area (Å²) in [6, 6.07) is 8.32. The Morgan fingerprint density at radius 2 is 1.84 bits per heavy atom. The second-order valence-corrected chi connectivity index (χ2v) is 6.95. The Hall–Kier alpha value is -3.50. The molecule has 0 saturated heterocycles. The second-order valence-electron chi connectivity index (χ2n) is 6.95. The van der Waals surface area contributed by atoms with Crippen molar-refractivity contribution >= 4 is 5.71 Å². The lowest BCUT2D eigenvalue weighted by molar-refractivity contribution is -0.137. The van der Waals surface area contributed by atoms with E-state index in [0.717, 1.165) is 12.1 Å². The SMILES string of the molecule is C/C(=N\OCc1ccc(C(F)(F)F)cc1)c1ccc(OCc2nnnn2C(C)C)nc1. The maximum Gasteiger partial charge on any atom is 0.416 e. The molecule has 0 aliphatic carbocycles. The van der Waals surface area contributed by atoms with Crippen LogP contribution in [-0.4, -0.2) is 30.9 Å². The highest BCUT2D eigenvalue weighted by Gasteiger charge is 2.29. The molecule has 11 heteroatoms. The predicted molar refractivity (Wildman–Crippen MR) is 105 cm³/mol. The highest BCUT2D eigenvalue weighted by atomic mass is 19.4. The zero-order chi connectivity index (χ0) is 22.4. The number of nitrogens with zero attached hydrogens (tertiary/aromatic N) is 6. The Bertz CT molecular complexity index is 1010. The summed E-state index contributed by atoms with van der Waals surface area (Å²) in [6.45, 7) is 5.90. The van der Waals surface area contributed by atoms with Gasteiger partial charge < -0.3 is 9.57 Å². The largest absolute Gasteiger partial charge is 0.469 e. The summed E-state index contributed by atoms with van der Waals surface area (Å²) < 4.78 is 45.0. The van der Waals surface area contributed by atoms with Crippen LogP contribution in [0.3, 0.4) is 0 Å². The van der Waals surface area contributed by atoms with Crippen LogP contribution in [0.25, 0.3) is 0 Å². The molecule has 1 aromatic carbocycles. The van der Waals surface area contributed by atoms with Crippen molar-refractivity contribution in [2.45, 2.75) is 46.2 Å². The number of hydrogen-bond acceptors (Lipinski definition) is 7. The standard InChI is InChI=1S/C20H21F3N6O2/c1-13(2)29-18(25-27-28-29)12-30-19-9-6-16(10-24-19)14(3)26-31-11-15-4-7-17(8-5-15)20(21,22)23/h4-10,13H,11-12H2,1-3H3/b26-14+. The summed E-state index contributed by atoms with van der Waals surface area (Å²) in [7, 11) is 0. The van der Waals surface area contributed by atoms with Gasteiger partial charge >= 0.3 is 6.18 Å². The van der Waals surface area contributed by atoms with E-state index in [4.69, 9.17) is 9.57 Å². The van der Waals surface area contributed by atoms with Crippen LogP contribution in [0.5, 0.6) is 5.88 Å². The fourth-order valence-electron chi connectivity index (χ4n) is 2.57. The lowest BCUT2D eigenvalue weighted by atomic mass is 10.1. The maximum absolute atomic E-state index is 12.6. The molecule has 0 N–H and O–H groups in total. The minimum atomic E-state index is -4.36. The molecular formula is C20H21F3N6O2. The molecule has 8 nitrogen and oxygen atoms in total. The quantitative estimate of drug-likeness (QED) is 0.390. The van der Waals surface area contributed by atoms with Crippen LogP contribution >= 0.6 is 0 Å². The van der Waals surface area contributed by atoms with Crippen molar-refractivity contribution in [2.75, 3.05) is 0 Å². The lowest BCUT2D eigenvalue weighted by Gasteiger charge is -2.09. The van der Waals surface area contributed by atoms with Gasteiger partial charge in [0.2, 0.25) is 5.88 Å². The van der Waals surface area contributed by atoms with E-state index in [1.165, 1.54) is 12.1 Å². The van der Waals surface area contributed by atoms with Gasteiger partial charge in [0, 0.05) is 17.8 Å². The maximum atomic E-state index is 12.6. The van der Waals surface area contributed by atoms with Crippen molar-refractivity contribution in [1.82, 2.24) is 25.2 Å². The van der Waals surface area contributed by atoms with Crippen molar-refractivity contribution in [2.24, 2.45) is 5.16 Å². The summed E-state index contributed by atoms with van der Waals surface area (Å²) in [5.74, 6) is 0.996. The minimum Gasteiger partial charge on any atom is -0.469 e. The van der Waals surface area contributed by atoms with E-state index in [9.17, 15) is 13.2 Å². The van der Waals surface area contributed by atoms with Gasteiger partial charge in [0.25, 0.3) is 0 Å². The number of alkyl halides is 3. The summed E-state index contributed by atoms with van der Waals surface area (Å²) >= 11 is 0. The van der Waals surface area contributed by atoms with Gasteiger partial charge in [-0.2, -0.15) is 13.2 Å². The number of halogens is 3. The Kier molecular flexibility index (Phi) is 6.83. The van der Waals surface area contributed by atoms with E-state index in [-0.39, 0.29) is 19.3 Å². The second kappa shape index (κ2) is 9.54. The van der Waals surface area contributed by atoms with Crippen molar-refractivity contribution in [1.29, 1.82) is 0 Å². The molecule has 3 rings (SSSR count). The van der Waals surface area contributed by atoms with E-state index < -0.39 is 11.7 Å². The Labute approximate surface area is 176 Å². The van der Waals surface area contributed by atoms with Crippen LogP contribution in [0.2, 0.25) is 0 Å². The lowest BCUT2D eigenvalue weighted by Crippen LogP contribution is -2.11. The molecule has 0 bridgehead atoms. The number of aromatic nitrogens is 5. The molecule has 164 valence electrons. The first-order valence-electron chi connectivity index (χ1n) is 9.42. The minimum absolute atomic E-state index is 0.0503. The highest BCUT2D eigenvalue weighted by molar-refractivity contribution is 5.98. The summed E-state index contributed by atoms with van der Waals surface area (Å²) in [4.78, 5) is 9.48. The molecular weight excluding hydrogens is 413 g/mol. The number of benzene rings is 1. The van der Waals surface area contributed by atoms with Crippen molar-refractivity contribution < 1.29 is 22.7 Å². The average molecular weight is 434 g/mol. The van der Waals surface area contributed by atoms with Gasteiger partial charge in [-0.05, 0) is 55.0 Å². The number of tetrazole rings is 1. The number of ether oxygens (including phenoxy) is 1. The van der Waals surface area contributed by atoms with Gasteiger partial charge in [-0.3, -0.25) is 0 Å². The molecule has 0 radical (unpaired) electrons. The van der Waals surface area contributed by atoms with E-state index in [1.807, 2.05) is 13.8 Å². The van der Waals surface area contributed by atoms with E-state index in [2.05, 4.69) is 25.7 Å². The first-order valence-corrected chi connectivity index (χ1v) is 9.42. The normalized spacial score (nSPS) is 12.3. The Balaban J connectivity index is 1.53. The van der Waals surface area contributed by atoms with Crippen LogP contribution in [-0.2, 0) is 24.2 Å². The summed E-state index contributed by atoms with van der Waals surface area (Å²) in [5.41, 5.74) is 1.15. The molecule has 0 spiro atoms. The van der Waals surface area contributed by atoms with Gasteiger partial charge in [-0.15, -0.1) is 5.10 Å². The summed E-state index contributed by atoms with van der Waals surface area (Å²) in [6.07, 6.45) is -2.78. The summed E-state index contributed by atoms with van der Waals surface area (Å²) in [5, 5.41) is 15.5. The van der Waals surface area contributed by atoms with Gasteiger partial charge in [0.05, 0.1) is 17.3 Å². The van der Waals surface area contributed by atoms with Crippen molar-refractivity contribution in [3.63, 3.8) is 0 Å². The van der Waals surface area contributed by atoms with Crippen LogP contribution in [0.4, 0.5) is 13.2 Å². The molecule has 31 heavy (non-hydrogen) atoms. The van der Waals surface area contributed by atoms with E-state index >= 15 is 0 Å². The average Bonchev–Trinajstić information content (AvgIpc) is 3.21. The number of hydrogen-bond donors (Lipinski definition) is 0. The number of rotatable bonds is 8. The van der Waals surface area contributed by atoms with Crippen LogP contribution < -0.4 is 4.74 Å². The fraction of sp³-hybridized carbons (Fsp3) is 0.350. The van der Waals surface area contributed by atoms with E-state index in [1.54, 1.807) is 29.9 Å². The van der Waals surface area contributed by atoms with Gasteiger partial charge in [0.1, 0.15) is 6.61 Å². The number of pyridine rings is 1. The smallest absolute Gasteiger partial charge is 0.416 e. The van der Waals surface area contributed by atoms with Crippen LogP contribution in [0.1, 0.15) is 49.3 Å². The van der Waals surface area contributed by atoms with Crippen LogP contribution in [0, 0.1) is 0 Å². The first-order chi connectivity index (χ1) is 14.7. The topological polar surface area (TPSA) is 87.3 Å². The molecule has 0 atom stereocenters. The predicted octanol–water partition coefficient (Wildman–Crippen LogP) is 4.19. The zero-order valence-electron chi connectivity index (χ0n) is 17.2. The molecule has 2 heterocycles.